The Morgan fingerprint density at radius 1 is 1.44 bits per heavy atom. The molecule has 1 atom stereocenters. The zero-order valence-electron chi connectivity index (χ0n) is 11.0. The lowest BCUT2D eigenvalue weighted by Crippen LogP contribution is -2.50. The van der Waals surface area contributed by atoms with Crippen LogP contribution >= 0.6 is 0 Å². The van der Waals surface area contributed by atoms with Crippen LogP contribution in [0.25, 0.3) is 0 Å². The lowest BCUT2D eigenvalue weighted by atomic mass is 10.2. The van der Waals surface area contributed by atoms with Crippen LogP contribution in [0.4, 0.5) is 10.1 Å². The van der Waals surface area contributed by atoms with E-state index in [1.165, 1.54) is 6.07 Å². The van der Waals surface area contributed by atoms with E-state index in [1.807, 2.05) is 13.8 Å². The van der Waals surface area contributed by atoms with Crippen molar-refractivity contribution in [2.75, 3.05) is 18.5 Å². The van der Waals surface area contributed by atoms with E-state index in [0.29, 0.717) is 12.2 Å². The number of hydrogen-bond acceptors (Lipinski definition) is 3. The fourth-order valence-electron chi connectivity index (χ4n) is 1.76. The number of carbonyl (C=O) groups excluding carboxylic acids is 1. The van der Waals surface area contributed by atoms with Gasteiger partial charge in [0.2, 0.25) is 5.91 Å². The molecule has 0 aliphatic heterocycles. The second-order valence-electron chi connectivity index (χ2n) is 4.61. The summed E-state index contributed by atoms with van der Waals surface area (Å²) in [6, 6.07) is 6.07. The molecule has 5 heteroatoms. The average molecular weight is 253 g/mol. The molecular formula is C13H20FN3O. The van der Waals surface area contributed by atoms with Crippen molar-refractivity contribution >= 4 is 11.6 Å². The van der Waals surface area contributed by atoms with Gasteiger partial charge < -0.3 is 16.0 Å². The minimum absolute atomic E-state index is 0.136. The summed E-state index contributed by atoms with van der Waals surface area (Å²) in [7, 11) is 1.73. The molecule has 0 aliphatic rings. The van der Waals surface area contributed by atoms with Gasteiger partial charge in [0.1, 0.15) is 11.9 Å². The molecule has 100 valence electrons. The number of halogens is 1. The maximum atomic E-state index is 13.6. The Labute approximate surface area is 107 Å². The van der Waals surface area contributed by atoms with E-state index in [4.69, 9.17) is 5.73 Å². The molecule has 0 fully saturated rings. The van der Waals surface area contributed by atoms with Crippen LogP contribution in [0.15, 0.2) is 24.3 Å². The molecule has 3 N–H and O–H groups in total. The normalized spacial score (nSPS) is 12.5. The number of nitrogens with two attached hydrogens (primary N) is 1. The topological polar surface area (TPSA) is 58.4 Å². The second-order valence-corrected chi connectivity index (χ2v) is 4.61. The van der Waals surface area contributed by atoms with Crippen molar-refractivity contribution < 1.29 is 9.18 Å². The highest BCUT2D eigenvalue weighted by atomic mass is 19.1. The molecule has 1 aromatic rings. The van der Waals surface area contributed by atoms with Crippen molar-refractivity contribution in [3.8, 4) is 0 Å². The summed E-state index contributed by atoms with van der Waals surface area (Å²) in [6.07, 6.45) is 0. The van der Waals surface area contributed by atoms with Crippen LogP contribution in [-0.2, 0) is 4.79 Å². The lowest BCUT2D eigenvalue weighted by Gasteiger charge is -2.26. The van der Waals surface area contributed by atoms with Gasteiger partial charge in [-0.1, -0.05) is 26.0 Å². The summed E-state index contributed by atoms with van der Waals surface area (Å²) in [6.45, 7) is 4.19. The van der Waals surface area contributed by atoms with Crippen LogP contribution < -0.4 is 16.0 Å². The fraction of sp³-hybridized carbons (Fsp3) is 0.462. The molecule has 1 unspecified atom stereocenters. The highest BCUT2D eigenvalue weighted by Crippen LogP contribution is 2.17. The highest BCUT2D eigenvalue weighted by molar-refractivity contribution is 5.80. The van der Waals surface area contributed by atoms with Crippen LogP contribution in [0.3, 0.4) is 0 Å². The van der Waals surface area contributed by atoms with E-state index < -0.39 is 11.9 Å². The van der Waals surface area contributed by atoms with Crippen molar-refractivity contribution in [3.05, 3.63) is 30.1 Å². The summed E-state index contributed by atoms with van der Waals surface area (Å²) >= 11 is 0. The van der Waals surface area contributed by atoms with Crippen molar-refractivity contribution in [1.82, 2.24) is 5.32 Å². The molecule has 0 radical (unpaired) electrons. The number of nitrogens with zero attached hydrogens (tertiary/aromatic N) is 1. The second kappa shape index (κ2) is 6.35. The maximum absolute atomic E-state index is 13.6. The van der Waals surface area contributed by atoms with E-state index in [0.717, 1.165) is 0 Å². The smallest absolute Gasteiger partial charge is 0.236 e. The first kappa shape index (κ1) is 14.4. The number of likely N-dealkylation sites (N-methyl/N-ethyl adjacent to an activating group) is 1. The van der Waals surface area contributed by atoms with Crippen LogP contribution in [-0.4, -0.2) is 31.6 Å². The summed E-state index contributed by atoms with van der Waals surface area (Å²) in [4.78, 5) is 13.0. The predicted octanol–water partition coefficient (Wildman–Crippen LogP) is 1.11. The molecular weight excluding hydrogens is 233 g/mol. The number of rotatable bonds is 6. The number of benzene rings is 1. The number of para-hydroxylation sites is 1. The van der Waals surface area contributed by atoms with Crippen LogP contribution in [0.2, 0.25) is 0 Å². The number of amides is 1. The number of nitrogens with one attached hydrogen (secondary N) is 1. The van der Waals surface area contributed by atoms with Gasteiger partial charge >= 0.3 is 0 Å². The van der Waals surface area contributed by atoms with Crippen LogP contribution in [0.5, 0.6) is 0 Å². The number of carbonyl (C=O) groups is 1. The van der Waals surface area contributed by atoms with Crippen LogP contribution in [0.1, 0.15) is 13.8 Å². The summed E-state index contributed by atoms with van der Waals surface area (Å²) < 4.78 is 13.6. The van der Waals surface area contributed by atoms with Gasteiger partial charge in [-0.3, -0.25) is 4.79 Å². The minimum Gasteiger partial charge on any atom is -0.370 e. The largest absolute Gasteiger partial charge is 0.370 e. The third-order valence-electron chi connectivity index (χ3n) is 2.60. The number of primary amides is 1. The molecule has 1 rings (SSSR count). The summed E-state index contributed by atoms with van der Waals surface area (Å²) in [5.41, 5.74) is 5.78. The summed E-state index contributed by atoms with van der Waals surface area (Å²) in [5, 5.41) is 3.06. The minimum atomic E-state index is -0.505. The number of hydrogen-bond donors (Lipinski definition) is 2. The Morgan fingerprint density at radius 2 is 2.06 bits per heavy atom. The first-order valence-electron chi connectivity index (χ1n) is 5.93. The predicted molar refractivity (Wildman–Crippen MR) is 70.9 cm³/mol. The van der Waals surface area contributed by atoms with Gasteiger partial charge in [-0.25, -0.2) is 4.39 Å². The van der Waals surface area contributed by atoms with Gasteiger partial charge in [0, 0.05) is 19.6 Å². The van der Waals surface area contributed by atoms with E-state index in [-0.39, 0.29) is 11.9 Å². The van der Waals surface area contributed by atoms with Gasteiger partial charge in [-0.2, -0.15) is 0 Å². The molecule has 18 heavy (non-hydrogen) atoms. The quantitative estimate of drug-likeness (QED) is 0.798. The van der Waals surface area contributed by atoms with Gasteiger partial charge in [-0.05, 0) is 12.1 Å². The molecule has 0 spiro atoms. The molecule has 0 saturated carbocycles. The zero-order chi connectivity index (χ0) is 13.7. The average Bonchev–Trinajstić information content (AvgIpc) is 2.27. The first-order chi connectivity index (χ1) is 8.41. The third kappa shape index (κ3) is 4.00. The third-order valence-corrected chi connectivity index (χ3v) is 2.60. The van der Waals surface area contributed by atoms with E-state index in [9.17, 15) is 9.18 Å². The first-order valence-corrected chi connectivity index (χ1v) is 5.93. The maximum Gasteiger partial charge on any atom is 0.236 e. The van der Waals surface area contributed by atoms with E-state index in [1.54, 1.807) is 30.1 Å². The standard InChI is InChI=1S/C13H20FN3O/c1-9(2)16-11(13(15)18)8-17(3)12-7-5-4-6-10(12)14/h4-7,9,11,16H,8H2,1-3H3,(H2,15,18). The SMILES string of the molecule is CC(C)NC(CN(C)c1ccccc1F)C(N)=O. The molecule has 0 aliphatic carbocycles. The van der Waals surface area contributed by atoms with Crippen molar-refractivity contribution in [1.29, 1.82) is 0 Å². The monoisotopic (exact) mass is 253 g/mol. The van der Waals surface area contributed by atoms with Crippen molar-refractivity contribution in [3.63, 3.8) is 0 Å². The number of anilines is 1. The Kier molecular flexibility index (Phi) is 5.09. The highest BCUT2D eigenvalue weighted by Gasteiger charge is 2.19. The van der Waals surface area contributed by atoms with Crippen molar-refractivity contribution in [2.45, 2.75) is 25.9 Å². The molecule has 4 nitrogen and oxygen atoms in total. The molecule has 0 heterocycles. The Bertz CT molecular complexity index is 409. The molecule has 0 aromatic heterocycles. The lowest BCUT2D eigenvalue weighted by molar-refractivity contribution is -0.119. The van der Waals surface area contributed by atoms with Crippen LogP contribution in [0, 0.1) is 5.82 Å². The van der Waals surface area contributed by atoms with Gasteiger partial charge in [-0.15, -0.1) is 0 Å². The van der Waals surface area contributed by atoms with Crippen molar-refractivity contribution in [2.24, 2.45) is 5.73 Å². The Hall–Kier alpha value is -1.62. The zero-order valence-corrected chi connectivity index (χ0v) is 11.0. The Balaban J connectivity index is 2.75. The summed E-state index contributed by atoms with van der Waals surface area (Å²) in [5.74, 6) is -0.750. The van der Waals surface area contributed by atoms with Gasteiger partial charge in [0.25, 0.3) is 0 Å². The molecule has 1 aromatic carbocycles. The van der Waals surface area contributed by atoms with Gasteiger partial charge in [0.05, 0.1) is 5.69 Å². The molecule has 0 bridgehead atoms. The van der Waals surface area contributed by atoms with E-state index in [2.05, 4.69) is 5.32 Å². The Morgan fingerprint density at radius 3 is 2.56 bits per heavy atom. The molecule has 1 amide bonds. The van der Waals surface area contributed by atoms with E-state index >= 15 is 0 Å². The molecule has 0 saturated heterocycles. The fourth-order valence-corrected chi connectivity index (χ4v) is 1.76. The van der Waals surface area contributed by atoms with Gasteiger partial charge in [0.15, 0.2) is 0 Å².